The van der Waals surface area contributed by atoms with Crippen LogP contribution in [0.2, 0.25) is 5.02 Å². The first kappa shape index (κ1) is 16.9. The van der Waals surface area contributed by atoms with Crippen LogP contribution in [-0.2, 0) is 11.8 Å². The molecule has 4 rings (SSSR count). The molecule has 0 saturated heterocycles. The second kappa shape index (κ2) is 7.01. The molecule has 2 aromatic rings. The summed E-state index contributed by atoms with van der Waals surface area (Å²) in [5.74, 6) is 1.000. The zero-order valence-corrected chi connectivity index (χ0v) is 15.6. The number of fused-ring (bicyclic) bond motifs is 1. The van der Waals surface area contributed by atoms with Crippen molar-refractivity contribution in [3.8, 4) is 5.75 Å². The zero-order valence-electron chi connectivity index (χ0n) is 14.9. The van der Waals surface area contributed by atoms with Crippen molar-refractivity contribution in [1.29, 1.82) is 0 Å². The monoisotopic (exact) mass is 355 g/mol. The largest absolute Gasteiger partial charge is 0.494 e. The van der Waals surface area contributed by atoms with Crippen LogP contribution >= 0.6 is 11.6 Å². The van der Waals surface area contributed by atoms with Crippen molar-refractivity contribution in [2.75, 3.05) is 13.2 Å². The van der Waals surface area contributed by atoms with Gasteiger partial charge in [0.15, 0.2) is 0 Å². The fraction of sp³-hybridized carbons (Fsp3) is 0.455. The van der Waals surface area contributed by atoms with E-state index in [-0.39, 0.29) is 5.41 Å². The SMILES string of the molecule is CCCOc1ccc2c(c1)C(C1(c3ccc(Cl)cc3)CCC1)NCC2. The molecule has 1 N–H and O–H groups in total. The van der Waals surface area contributed by atoms with Gasteiger partial charge in [-0.15, -0.1) is 0 Å². The van der Waals surface area contributed by atoms with Crippen molar-refractivity contribution in [2.24, 2.45) is 0 Å². The van der Waals surface area contributed by atoms with E-state index in [4.69, 9.17) is 16.3 Å². The molecule has 132 valence electrons. The van der Waals surface area contributed by atoms with Gasteiger partial charge in [-0.2, -0.15) is 0 Å². The van der Waals surface area contributed by atoms with Crippen LogP contribution < -0.4 is 10.1 Å². The summed E-state index contributed by atoms with van der Waals surface area (Å²) >= 11 is 6.13. The summed E-state index contributed by atoms with van der Waals surface area (Å²) in [6, 6.07) is 15.5. The fourth-order valence-electron chi connectivity index (χ4n) is 4.42. The van der Waals surface area contributed by atoms with E-state index in [2.05, 4.69) is 42.6 Å². The van der Waals surface area contributed by atoms with E-state index in [0.717, 1.165) is 36.8 Å². The number of hydrogen-bond acceptors (Lipinski definition) is 2. The molecule has 2 aromatic carbocycles. The molecule has 1 unspecified atom stereocenters. The zero-order chi connectivity index (χ0) is 17.3. The van der Waals surface area contributed by atoms with Gasteiger partial charge in [0, 0.05) is 16.5 Å². The first-order chi connectivity index (χ1) is 12.2. The highest BCUT2D eigenvalue weighted by Crippen LogP contribution is 2.53. The first-order valence-electron chi connectivity index (χ1n) is 9.48. The minimum Gasteiger partial charge on any atom is -0.494 e. The van der Waals surface area contributed by atoms with E-state index in [0.29, 0.717) is 6.04 Å². The van der Waals surface area contributed by atoms with E-state index in [1.165, 1.54) is 36.0 Å². The maximum Gasteiger partial charge on any atom is 0.119 e. The maximum atomic E-state index is 6.13. The average molecular weight is 356 g/mol. The second-order valence-corrected chi connectivity index (χ2v) is 7.80. The van der Waals surface area contributed by atoms with Gasteiger partial charge < -0.3 is 10.1 Å². The summed E-state index contributed by atoms with van der Waals surface area (Å²) in [7, 11) is 0. The molecule has 2 nitrogen and oxygen atoms in total. The third-order valence-corrected chi connectivity index (χ3v) is 6.11. The van der Waals surface area contributed by atoms with Gasteiger partial charge >= 0.3 is 0 Å². The van der Waals surface area contributed by atoms with Crippen LogP contribution in [0.15, 0.2) is 42.5 Å². The molecule has 0 aromatic heterocycles. The Hall–Kier alpha value is -1.51. The summed E-state index contributed by atoms with van der Waals surface area (Å²) in [5, 5.41) is 4.64. The van der Waals surface area contributed by atoms with E-state index in [9.17, 15) is 0 Å². The van der Waals surface area contributed by atoms with Gasteiger partial charge in [-0.25, -0.2) is 0 Å². The van der Waals surface area contributed by atoms with Crippen molar-refractivity contribution < 1.29 is 4.74 Å². The number of rotatable bonds is 5. The topological polar surface area (TPSA) is 21.3 Å². The molecule has 1 saturated carbocycles. The van der Waals surface area contributed by atoms with Crippen LogP contribution in [0.4, 0.5) is 0 Å². The lowest BCUT2D eigenvalue weighted by Gasteiger charge is -2.50. The molecule has 1 fully saturated rings. The van der Waals surface area contributed by atoms with Crippen molar-refractivity contribution in [2.45, 2.75) is 50.5 Å². The Morgan fingerprint density at radius 3 is 2.64 bits per heavy atom. The summed E-state index contributed by atoms with van der Waals surface area (Å²) in [4.78, 5) is 0. The van der Waals surface area contributed by atoms with Gasteiger partial charge in [-0.1, -0.05) is 43.1 Å². The molecule has 2 aliphatic rings. The van der Waals surface area contributed by atoms with Crippen LogP contribution in [0, 0.1) is 0 Å². The number of benzene rings is 2. The summed E-state index contributed by atoms with van der Waals surface area (Å²) in [6.07, 6.45) is 5.88. The predicted molar refractivity (Wildman–Crippen MR) is 104 cm³/mol. The Labute approximate surface area is 155 Å². The third-order valence-electron chi connectivity index (χ3n) is 5.86. The van der Waals surface area contributed by atoms with E-state index in [1.54, 1.807) is 0 Å². The lowest BCUT2D eigenvalue weighted by Crippen LogP contribution is -2.49. The van der Waals surface area contributed by atoms with Gasteiger partial charge in [0.25, 0.3) is 0 Å². The molecular formula is C22H26ClNO. The Bertz CT molecular complexity index is 736. The first-order valence-corrected chi connectivity index (χ1v) is 9.86. The van der Waals surface area contributed by atoms with Crippen molar-refractivity contribution >= 4 is 11.6 Å². The Morgan fingerprint density at radius 2 is 1.96 bits per heavy atom. The Morgan fingerprint density at radius 1 is 1.16 bits per heavy atom. The summed E-state index contributed by atoms with van der Waals surface area (Å²) in [6.45, 7) is 3.97. The predicted octanol–water partition coefficient (Wildman–Crippen LogP) is 5.44. The minimum absolute atomic E-state index is 0.184. The van der Waals surface area contributed by atoms with E-state index < -0.39 is 0 Å². The quantitative estimate of drug-likeness (QED) is 0.771. The van der Waals surface area contributed by atoms with Crippen LogP contribution in [0.25, 0.3) is 0 Å². The van der Waals surface area contributed by atoms with Gasteiger partial charge in [0.1, 0.15) is 5.75 Å². The molecule has 3 heteroatoms. The van der Waals surface area contributed by atoms with Crippen LogP contribution in [0.5, 0.6) is 5.75 Å². The summed E-state index contributed by atoms with van der Waals surface area (Å²) < 4.78 is 5.91. The van der Waals surface area contributed by atoms with E-state index in [1.807, 2.05) is 12.1 Å². The van der Waals surface area contributed by atoms with E-state index >= 15 is 0 Å². The van der Waals surface area contributed by atoms with Crippen molar-refractivity contribution in [1.82, 2.24) is 5.32 Å². The lowest BCUT2D eigenvalue weighted by molar-refractivity contribution is 0.164. The smallest absolute Gasteiger partial charge is 0.119 e. The normalized spacial score (nSPS) is 21.3. The number of hydrogen-bond donors (Lipinski definition) is 1. The Balaban J connectivity index is 1.72. The minimum atomic E-state index is 0.184. The van der Waals surface area contributed by atoms with Crippen molar-refractivity contribution in [3.05, 3.63) is 64.2 Å². The molecular weight excluding hydrogens is 330 g/mol. The maximum absolute atomic E-state index is 6.13. The van der Waals surface area contributed by atoms with Crippen molar-refractivity contribution in [3.63, 3.8) is 0 Å². The summed E-state index contributed by atoms with van der Waals surface area (Å²) in [5.41, 5.74) is 4.49. The molecule has 1 heterocycles. The highest BCUT2D eigenvalue weighted by molar-refractivity contribution is 6.30. The van der Waals surface area contributed by atoms with Gasteiger partial charge in [-0.3, -0.25) is 0 Å². The fourth-order valence-corrected chi connectivity index (χ4v) is 4.54. The lowest BCUT2D eigenvalue weighted by atomic mass is 9.58. The third kappa shape index (κ3) is 3.07. The number of halogens is 1. The number of nitrogens with one attached hydrogen (secondary N) is 1. The van der Waals surface area contributed by atoms with Gasteiger partial charge in [0.05, 0.1) is 6.61 Å². The highest BCUT2D eigenvalue weighted by Gasteiger charge is 2.47. The molecule has 1 aliphatic heterocycles. The molecule has 0 amide bonds. The number of ether oxygens (including phenoxy) is 1. The standard InChI is InChI=1S/C22H26ClNO/c1-2-14-25-19-9-4-16-10-13-24-21(20(16)15-19)22(11-3-12-22)17-5-7-18(23)8-6-17/h4-9,15,21,24H,2-3,10-14H2,1H3. The van der Waals surface area contributed by atoms with Crippen LogP contribution in [0.1, 0.15) is 55.3 Å². The highest BCUT2D eigenvalue weighted by atomic mass is 35.5. The Kier molecular flexibility index (Phi) is 4.75. The molecule has 0 bridgehead atoms. The van der Waals surface area contributed by atoms with Crippen LogP contribution in [0.3, 0.4) is 0 Å². The molecule has 1 aliphatic carbocycles. The molecule has 25 heavy (non-hydrogen) atoms. The van der Waals surface area contributed by atoms with Gasteiger partial charge in [-0.05, 0) is 73.2 Å². The van der Waals surface area contributed by atoms with Crippen LogP contribution in [-0.4, -0.2) is 13.2 Å². The average Bonchev–Trinajstić information content (AvgIpc) is 2.61. The second-order valence-electron chi connectivity index (χ2n) is 7.36. The molecule has 0 spiro atoms. The molecule has 0 radical (unpaired) electrons. The van der Waals surface area contributed by atoms with Gasteiger partial charge in [0.2, 0.25) is 0 Å². The molecule has 1 atom stereocenters.